The fraction of sp³-hybridized carbons (Fsp3) is 0.308. The number of rotatable bonds is 1. The lowest BCUT2D eigenvalue weighted by atomic mass is 9.90. The van der Waals surface area contributed by atoms with Crippen LogP contribution >= 0.6 is 0 Å². The molecule has 1 aliphatic rings. The smallest absolute Gasteiger partial charge is 0.339 e. The summed E-state index contributed by atoms with van der Waals surface area (Å²) in [4.78, 5) is 22.0. The van der Waals surface area contributed by atoms with Crippen LogP contribution in [0, 0.1) is 10.1 Å². The normalized spacial score (nSPS) is 14.3. The Morgan fingerprint density at radius 1 is 1.21 bits per heavy atom. The molecule has 1 aliphatic carbocycles. The molecule has 98 valence electrons. The molecule has 1 N–H and O–H groups in total. The van der Waals surface area contributed by atoms with Crippen LogP contribution in [-0.4, -0.2) is 10.0 Å². The van der Waals surface area contributed by atoms with Gasteiger partial charge in [-0.15, -0.1) is 0 Å². The maximum absolute atomic E-state index is 11.8. The van der Waals surface area contributed by atoms with Crippen LogP contribution in [0.4, 0.5) is 5.69 Å². The summed E-state index contributed by atoms with van der Waals surface area (Å²) in [5, 5.41) is 21.0. The molecule has 0 amide bonds. The second-order valence-electron chi connectivity index (χ2n) is 4.65. The molecular formula is C13H11NO5. The molecule has 1 heterocycles. The second kappa shape index (κ2) is 4.08. The van der Waals surface area contributed by atoms with Crippen molar-refractivity contribution in [1.82, 2.24) is 0 Å². The van der Waals surface area contributed by atoms with Gasteiger partial charge in [0.05, 0.1) is 4.92 Å². The van der Waals surface area contributed by atoms with Crippen molar-refractivity contribution in [3.05, 3.63) is 43.8 Å². The Morgan fingerprint density at radius 3 is 2.58 bits per heavy atom. The van der Waals surface area contributed by atoms with Crippen molar-refractivity contribution in [3.63, 3.8) is 0 Å². The topological polar surface area (TPSA) is 93.6 Å². The predicted octanol–water partition coefficient (Wildman–Crippen LogP) is 2.29. The van der Waals surface area contributed by atoms with Crippen LogP contribution in [0.25, 0.3) is 11.0 Å². The largest absolute Gasteiger partial charge is 0.502 e. The summed E-state index contributed by atoms with van der Waals surface area (Å²) >= 11 is 0. The standard InChI is InChI=1S/C13H11NO5/c15-11-6-12-9(5-10(11)14(17)18)7-3-1-2-4-8(7)13(16)19-12/h5-6,15H,1-4H2. The van der Waals surface area contributed by atoms with Gasteiger partial charge >= 0.3 is 11.3 Å². The highest BCUT2D eigenvalue weighted by Crippen LogP contribution is 2.34. The Kier molecular flexibility index (Phi) is 2.51. The minimum Gasteiger partial charge on any atom is -0.502 e. The molecule has 0 fully saturated rings. The number of nitrogens with zero attached hydrogens (tertiary/aromatic N) is 1. The van der Waals surface area contributed by atoms with Gasteiger partial charge in [0, 0.05) is 23.1 Å². The molecule has 6 heteroatoms. The second-order valence-corrected chi connectivity index (χ2v) is 4.65. The van der Waals surface area contributed by atoms with Gasteiger partial charge in [0.2, 0.25) is 0 Å². The van der Waals surface area contributed by atoms with Crippen LogP contribution in [0.5, 0.6) is 5.75 Å². The molecule has 1 aromatic carbocycles. The van der Waals surface area contributed by atoms with Crippen molar-refractivity contribution in [2.45, 2.75) is 25.7 Å². The number of phenols is 1. The lowest BCUT2D eigenvalue weighted by molar-refractivity contribution is -0.385. The first-order valence-corrected chi connectivity index (χ1v) is 6.04. The number of benzene rings is 1. The molecular weight excluding hydrogens is 250 g/mol. The van der Waals surface area contributed by atoms with E-state index in [2.05, 4.69) is 0 Å². The maximum Gasteiger partial charge on any atom is 0.339 e. The van der Waals surface area contributed by atoms with Crippen molar-refractivity contribution in [2.75, 3.05) is 0 Å². The highest BCUT2D eigenvalue weighted by Gasteiger charge is 2.22. The molecule has 0 spiro atoms. The molecule has 2 aromatic rings. The van der Waals surface area contributed by atoms with E-state index >= 15 is 0 Å². The number of nitro benzene ring substituents is 1. The summed E-state index contributed by atoms with van der Waals surface area (Å²) in [6.45, 7) is 0. The summed E-state index contributed by atoms with van der Waals surface area (Å²) in [6, 6.07) is 2.43. The highest BCUT2D eigenvalue weighted by atomic mass is 16.6. The third-order valence-electron chi connectivity index (χ3n) is 3.52. The van der Waals surface area contributed by atoms with E-state index in [9.17, 15) is 20.0 Å². The van der Waals surface area contributed by atoms with Crippen LogP contribution in [0.15, 0.2) is 21.3 Å². The molecule has 0 aliphatic heterocycles. The van der Waals surface area contributed by atoms with Crippen LogP contribution in [0.2, 0.25) is 0 Å². The zero-order chi connectivity index (χ0) is 13.6. The Bertz CT molecular complexity index is 747. The third-order valence-corrected chi connectivity index (χ3v) is 3.52. The van der Waals surface area contributed by atoms with Crippen molar-refractivity contribution < 1.29 is 14.4 Å². The lowest BCUT2D eigenvalue weighted by Crippen LogP contribution is -2.15. The van der Waals surface area contributed by atoms with Crippen molar-refractivity contribution in [1.29, 1.82) is 0 Å². The summed E-state index contributed by atoms with van der Waals surface area (Å²) in [5.41, 5.74) is 0.859. The number of aromatic hydroxyl groups is 1. The van der Waals surface area contributed by atoms with E-state index in [0.717, 1.165) is 24.5 Å². The molecule has 19 heavy (non-hydrogen) atoms. The first kappa shape index (κ1) is 11.7. The van der Waals surface area contributed by atoms with Gasteiger partial charge in [-0.1, -0.05) is 0 Å². The van der Waals surface area contributed by atoms with Crippen molar-refractivity contribution >= 4 is 16.7 Å². The predicted molar refractivity (Wildman–Crippen MR) is 67.4 cm³/mol. The summed E-state index contributed by atoms with van der Waals surface area (Å²) in [5.74, 6) is -0.489. The number of phenolic OH excluding ortho intramolecular Hbond substituents is 1. The number of hydrogen-bond donors (Lipinski definition) is 1. The van der Waals surface area contributed by atoms with E-state index in [4.69, 9.17) is 4.42 Å². The molecule has 0 unspecified atom stereocenters. The average Bonchev–Trinajstić information content (AvgIpc) is 2.38. The zero-order valence-corrected chi connectivity index (χ0v) is 10.0. The fourth-order valence-corrected chi connectivity index (χ4v) is 2.61. The van der Waals surface area contributed by atoms with E-state index in [1.807, 2.05) is 0 Å². The quantitative estimate of drug-likeness (QED) is 0.483. The first-order valence-electron chi connectivity index (χ1n) is 6.04. The van der Waals surface area contributed by atoms with E-state index in [1.165, 1.54) is 6.07 Å². The van der Waals surface area contributed by atoms with Crippen LogP contribution in [0.3, 0.4) is 0 Å². The molecule has 0 bridgehead atoms. The minimum absolute atomic E-state index is 0.203. The summed E-state index contributed by atoms with van der Waals surface area (Å²) < 4.78 is 5.14. The van der Waals surface area contributed by atoms with Crippen molar-refractivity contribution in [3.8, 4) is 5.75 Å². The maximum atomic E-state index is 11.8. The Labute approximate surface area is 107 Å². The Balaban J connectivity index is 2.40. The number of aryl methyl sites for hydroxylation is 1. The van der Waals surface area contributed by atoms with Crippen LogP contribution in [0.1, 0.15) is 24.0 Å². The number of nitro groups is 1. The van der Waals surface area contributed by atoms with Gasteiger partial charge in [0.1, 0.15) is 5.58 Å². The van der Waals surface area contributed by atoms with Gasteiger partial charge < -0.3 is 9.52 Å². The summed E-state index contributed by atoms with van der Waals surface area (Å²) in [7, 11) is 0. The zero-order valence-electron chi connectivity index (χ0n) is 10.0. The Hall–Kier alpha value is -2.37. The first-order chi connectivity index (χ1) is 9.08. The number of fused-ring (bicyclic) bond motifs is 3. The van der Waals surface area contributed by atoms with E-state index in [0.29, 0.717) is 23.8 Å². The molecule has 0 radical (unpaired) electrons. The van der Waals surface area contributed by atoms with E-state index < -0.39 is 16.3 Å². The number of hydrogen-bond acceptors (Lipinski definition) is 5. The third kappa shape index (κ3) is 1.76. The fourth-order valence-electron chi connectivity index (χ4n) is 2.61. The summed E-state index contributed by atoms with van der Waals surface area (Å²) in [6.07, 6.45) is 3.21. The minimum atomic E-state index is -0.644. The molecule has 0 atom stereocenters. The van der Waals surface area contributed by atoms with Crippen LogP contribution in [-0.2, 0) is 12.8 Å². The SMILES string of the molecule is O=c1oc2cc(O)c([N+](=O)[O-])cc2c2c1CCCC2. The van der Waals surface area contributed by atoms with E-state index in [1.54, 1.807) is 0 Å². The molecule has 0 saturated heterocycles. The highest BCUT2D eigenvalue weighted by molar-refractivity contribution is 5.86. The van der Waals surface area contributed by atoms with E-state index in [-0.39, 0.29) is 11.3 Å². The Morgan fingerprint density at radius 2 is 1.89 bits per heavy atom. The van der Waals surface area contributed by atoms with Gasteiger partial charge in [0.25, 0.3) is 0 Å². The average molecular weight is 261 g/mol. The molecule has 6 nitrogen and oxygen atoms in total. The molecule has 3 rings (SSSR count). The lowest BCUT2D eigenvalue weighted by Gasteiger charge is -2.15. The molecule has 0 saturated carbocycles. The van der Waals surface area contributed by atoms with Gasteiger partial charge in [0.15, 0.2) is 5.75 Å². The van der Waals surface area contributed by atoms with Crippen molar-refractivity contribution in [2.24, 2.45) is 0 Å². The van der Waals surface area contributed by atoms with Gasteiger partial charge in [-0.25, -0.2) is 4.79 Å². The van der Waals surface area contributed by atoms with Crippen LogP contribution < -0.4 is 5.63 Å². The van der Waals surface area contributed by atoms with Gasteiger partial charge in [-0.05, 0) is 31.2 Å². The van der Waals surface area contributed by atoms with Gasteiger partial charge in [-0.3, -0.25) is 10.1 Å². The molecule has 1 aromatic heterocycles. The monoisotopic (exact) mass is 261 g/mol. The van der Waals surface area contributed by atoms with Gasteiger partial charge in [-0.2, -0.15) is 0 Å².